The Morgan fingerprint density at radius 3 is 3.04 bits per heavy atom. The lowest BCUT2D eigenvalue weighted by Gasteiger charge is -2.26. The molecule has 2 aromatic rings. The van der Waals surface area contributed by atoms with Gasteiger partial charge in [-0.05, 0) is 49.0 Å². The summed E-state index contributed by atoms with van der Waals surface area (Å²) in [6.07, 6.45) is 2.15. The van der Waals surface area contributed by atoms with Crippen molar-refractivity contribution in [3.05, 3.63) is 46.2 Å². The van der Waals surface area contributed by atoms with E-state index in [-0.39, 0.29) is 18.7 Å². The van der Waals surface area contributed by atoms with Crippen molar-refractivity contribution >= 4 is 17.2 Å². The minimum Gasteiger partial charge on any atom is -0.454 e. The van der Waals surface area contributed by atoms with E-state index in [1.165, 1.54) is 4.88 Å². The molecule has 2 aliphatic rings. The zero-order valence-electron chi connectivity index (χ0n) is 14.3. The third kappa shape index (κ3) is 3.50. The fourth-order valence-electron chi connectivity index (χ4n) is 3.57. The third-order valence-corrected chi connectivity index (χ3v) is 5.71. The summed E-state index contributed by atoms with van der Waals surface area (Å²) in [5.74, 6) is 1.78. The molecule has 0 saturated carbocycles. The van der Waals surface area contributed by atoms with Crippen LogP contribution in [0.15, 0.2) is 35.7 Å². The first-order chi connectivity index (χ1) is 12.2. The van der Waals surface area contributed by atoms with Crippen molar-refractivity contribution in [2.75, 3.05) is 26.9 Å². The summed E-state index contributed by atoms with van der Waals surface area (Å²) in [7, 11) is 1.98. The summed E-state index contributed by atoms with van der Waals surface area (Å²) in [5.41, 5.74) is 1.12. The Morgan fingerprint density at radius 2 is 2.20 bits per heavy atom. The number of hydrogen-bond acceptors (Lipinski definition) is 5. The first kappa shape index (κ1) is 16.4. The van der Waals surface area contributed by atoms with Crippen LogP contribution < -0.4 is 9.47 Å². The topological polar surface area (TPSA) is 42.0 Å². The molecule has 1 amide bonds. The summed E-state index contributed by atoms with van der Waals surface area (Å²) < 4.78 is 10.8. The van der Waals surface area contributed by atoms with Gasteiger partial charge in [-0.3, -0.25) is 9.69 Å². The van der Waals surface area contributed by atoms with E-state index < -0.39 is 0 Å². The number of thiophene rings is 1. The maximum absolute atomic E-state index is 12.8. The predicted octanol–water partition coefficient (Wildman–Crippen LogP) is 3.27. The molecule has 4 rings (SSSR count). The van der Waals surface area contributed by atoms with Gasteiger partial charge in [0.25, 0.3) is 0 Å². The summed E-state index contributed by atoms with van der Waals surface area (Å²) in [4.78, 5) is 18.2. The predicted molar refractivity (Wildman–Crippen MR) is 96.9 cm³/mol. The molecular weight excluding hydrogens is 336 g/mol. The van der Waals surface area contributed by atoms with E-state index in [2.05, 4.69) is 22.4 Å². The molecule has 6 heteroatoms. The lowest BCUT2D eigenvalue weighted by Crippen LogP contribution is -2.38. The van der Waals surface area contributed by atoms with Crippen molar-refractivity contribution in [3.8, 4) is 11.5 Å². The normalized spacial score (nSPS) is 19.0. The second-order valence-electron chi connectivity index (χ2n) is 6.62. The van der Waals surface area contributed by atoms with Crippen molar-refractivity contribution in [3.63, 3.8) is 0 Å². The van der Waals surface area contributed by atoms with Gasteiger partial charge in [0.1, 0.15) is 0 Å². The van der Waals surface area contributed by atoms with Gasteiger partial charge in [0.15, 0.2) is 11.5 Å². The Labute approximate surface area is 151 Å². The number of likely N-dealkylation sites (N-methyl/N-ethyl adjacent to an activating group) is 1. The van der Waals surface area contributed by atoms with Crippen LogP contribution in [0.2, 0.25) is 0 Å². The van der Waals surface area contributed by atoms with Crippen molar-refractivity contribution < 1.29 is 14.3 Å². The van der Waals surface area contributed by atoms with Gasteiger partial charge in [0.05, 0.1) is 12.6 Å². The fraction of sp³-hybridized carbons (Fsp3) is 0.421. The van der Waals surface area contributed by atoms with Gasteiger partial charge in [0, 0.05) is 18.0 Å². The number of rotatable bonds is 5. The maximum atomic E-state index is 12.8. The van der Waals surface area contributed by atoms with Gasteiger partial charge < -0.3 is 14.4 Å². The van der Waals surface area contributed by atoms with Crippen molar-refractivity contribution in [2.24, 2.45) is 0 Å². The average Bonchev–Trinajstić information content (AvgIpc) is 3.34. The molecule has 5 nitrogen and oxygen atoms in total. The van der Waals surface area contributed by atoms with Crippen LogP contribution in [-0.4, -0.2) is 42.6 Å². The lowest BCUT2D eigenvalue weighted by molar-refractivity contribution is -0.133. The Bertz CT molecular complexity index is 747. The standard InChI is InChI=1S/C19H22N2O3S/c1-20(11-14-6-7-16-17(10-14)24-13-23-16)12-19(22)21-8-2-4-15(21)18-5-3-9-25-18/h3,5-7,9-10,15H,2,4,8,11-13H2,1H3. The van der Waals surface area contributed by atoms with Crippen LogP contribution in [0.5, 0.6) is 11.5 Å². The van der Waals surface area contributed by atoms with E-state index in [9.17, 15) is 4.79 Å². The number of amides is 1. The molecule has 1 aromatic carbocycles. The van der Waals surface area contributed by atoms with E-state index in [1.807, 2.05) is 30.1 Å². The maximum Gasteiger partial charge on any atom is 0.237 e. The van der Waals surface area contributed by atoms with E-state index in [1.54, 1.807) is 11.3 Å². The number of hydrogen-bond donors (Lipinski definition) is 0. The van der Waals surface area contributed by atoms with Crippen LogP contribution >= 0.6 is 11.3 Å². The molecule has 0 radical (unpaired) electrons. The van der Waals surface area contributed by atoms with Crippen molar-refractivity contribution in [1.29, 1.82) is 0 Å². The highest BCUT2D eigenvalue weighted by Gasteiger charge is 2.30. The SMILES string of the molecule is CN(CC(=O)N1CCCC1c1cccs1)Cc1ccc2c(c1)OCO2. The molecule has 1 unspecified atom stereocenters. The first-order valence-corrected chi connectivity index (χ1v) is 9.48. The molecule has 1 saturated heterocycles. The lowest BCUT2D eigenvalue weighted by atomic mass is 10.2. The second-order valence-corrected chi connectivity index (χ2v) is 7.60. The van der Waals surface area contributed by atoms with Crippen LogP contribution in [0.25, 0.3) is 0 Å². The summed E-state index contributed by atoms with van der Waals surface area (Å²) in [6.45, 7) is 2.28. The zero-order valence-corrected chi connectivity index (χ0v) is 15.1. The molecule has 0 N–H and O–H groups in total. The van der Waals surface area contributed by atoms with Crippen LogP contribution in [0.3, 0.4) is 0 Å². The van der Waals surface area contributed by atoms with Gasteiger partial charge in [-0.15, -0.1) is 11.3 Å². The number of nitrogens with zero attached hydrogens (tertiary/aromatic N) is 2. The molecular formula is C19H22N2O3S. The molecule has 132 valence electrons. The van der Waals surface area contributed by atoms with Gasteiger partial charge in [0.2, 0.25) is 12.7 Å². The van der Waals surface area contributed by atoms with E-state index in [0.29, 0.717) is 13.1 Å². The van der Waals surface area contributed by atoms with E-state index in [0.717, 1.165) is 36.4 Å². The first-order valence-electron chi connectivity index (χ1n) is 8.60. The molecule has 2 aliphatic heterocycles. The molecule has 0 bridgehead atoms. The highest BCUT2D eigenvalue weighted by Crippen LogP contribution is 2.35. The molecule has 25 heavy (non-hydrogen) atoms. The number of benzene rings is 1. The number of ether oxygens (including phenoxy) is 2. The number of likely N-dealkylation sites (tertiary alicyclic amines) is 1. The van der Waals surface area contributed by atoms with Gasteiger partial charge in [-0.25, -0.2) is 0 Å². The monoisotopic (exact) mass is 358 g/mol. The number of fused-ring (bicyclic) bond motifs is 1. The molecule has 0 spiro atoms. The molecule has 1 atom stereocenters. The zero-order chi connectivity index (χ0) is 17.2. The minimum absolute atomic E-state index is 0.208. The van der Waals surface area contributed by atoms with E-state index in [4.69, 9.17) is 9.47 Å². The van der Waals surface area contributed by atoms with Crippen LogP contribution in [-0.2, 0) is 11.3 Å². The fourth-order valence-corrected chi connectivity index (χ4v) is 4.44. The average molecular weight is 358 g/mol. The summed E-state index contributed by atoms with van der Waals surface area (Å²) in [6, 6.07) is 10.4. The Kier molecular flexibility index (Phi) is 4.63. The number of carbonyl (C=O) groups is 1. The molecule has 0 aliphatic carbocycles. The van der Waals surface area contributed by atoms with Crippen LogP contribution in [0.4, 0.5) is 0 Å². The quantitative estimate of drug-likeness (QED) is 0.823. The van der Waals surface area contributed by atoms with Crippen molar-refractivity contribution in [2.45, 2.75) is 25.4 Å². The second kappa shape index (κ2) is 7.06. The molecule has 1 fully saturated rings. The Balaban J connectivity index is 1.37. The Morgan fingerprint density at radius 1 is 1.32 bits per heavy atom. The van der Waals surface area contributed by atoms with Gasteiger partial charge in [-0.2, -0.15) is 0 Å². The van der Waals surface area contributed by atoms with Crippen LogP contribution in [0.1, 0.15) is 29.3 Å². The van der Waals surface area contributed by atoms with Gasteiger partial charge >= 0.3 is 0 Å². The number of carbonyl (C=O) groups excluding carboxylic acids is 1. The summed E-state index contributed by atoms with van der Waals surface area (Å²) in [5, 5.41) is 2.09. The highest BCUT2D eigenvalue weighted by molar-refractivity contribution is 7.10. The molecule has 3 heterocycles. The third-order valence-electron chi connectivity index (χ3n) is 4.74. The summed E-state index contributed by atoms with van der Waals surface area (Å²) >= 11 is 1.74. The Hall–Kier alpha value is -2.05. The van der Waals surface area contributed by atoms with E-state index >= 15 is 0 Å². The van der Waals surface area contributed by atoms with Crippen molar-refractivity contribution in [1.82, 2.24) is 9.80 Å². The highest BCUT2D eigenvalue weighted by atomic mass is 32.1. The minimum atomic E-state index is 0.208. The van der Waals surface area contributed by atoms with Crippen LogP contribution in [0, 0.1) is 0 Å². The largest absolute Gasteiger partial charge is 0.454 e. The smallest absolute Gasteiger partial charge is 0.237 e. The van der Waals surface area contributed by atoms with Gasteiger partial charge in [-0.1, -0.05) is 12.1 Å². The molecule has 1 aromatic heterocycles.